The zero-order valence-electron chi connectivity index (χ0n) is 18.6. The second-order valence-corrected chi connectivity index (χ2v) is 8.84. The van der Waals surface area contributed by atoms with Gasteiger partial charge in [0.15, 0.2) is 0 Å². The summed E-state index contributed by atoms with van der Waals surface area (Å²) in [6, 6.07) is 15.3. The van der Waals surface area contributed by atoms with Crippen LogP contribution < -0.4 is 10.6 Å². The summed E-state index contributed by atoms with van der Waals surface area (Å²) in [6.07, 6.45) is 0.198. The summed E-state index contributed by atoms with van der Waals surface area (Å²) in [7, 11) is 0. The van der Waals surface area contributed by atoms with Gasteiger partial charge in [-0.15, -0.1) is 11.3 Å². The van der Waals surface area contributed by atoms with Crippen LogP contribution in [0.15, 0.2) is 53.9 Å². The van der Waals surface area contributed by atoms with Crippen molar-refractivity contribution in [3.63, 3.8) is 0 Å². The number of benzene rings is 2. The van der Waals surface area contributed by atoms with Crippen molar-refractivity contribution < 1.29 is 24.2 Å². The summed E-state index contributed by atoms with van der Waals surface area (Å²) in [5, 5.41) is 16.5. The average Bonchev–Trinajstić information content (AvgIpc) is 3.44. The van der Waals surface area contributed by atoms with Crippen LogP contribution in [0, 0.1) is 0 Å². The van der Waals surface area contributed by atoms with Crippen LogP contribution in [0.25, 0.3) is 11.1 Å². The van der Waals surface area contributed by atoms with Crippen molar-refractivity contribution in [3.05, 3.63) is 75.7 Å². The maximum absolute atomic E-state index is 12.3. The lowest BCUT2D eigenvalue weighted by atomic mass is 9.98. The molecule has 0 fully saturated rings. The number of carboxylic acid groups (broad SMARTS) is 1. The number of aromatic nitrogens is 1. The summed E-state index contributed by atoms with van der Waals surface area (Å²) >= 11 is 1.28. The van der Waals surface area contributed by atoms with Crippen molar-refractivity contribution in [3.8, 4) is 11.1 Å². The van der Waals surface area contributed by atoms with E-state index in [0.717, 1.165) is 11.1 Å². The standard InChI is InChI=1S/C25H25N3O5S/c1-2-20(24(30)31)28-23(29)21-14-34-22(27-21)11-12-26-25(32)33-13-19-17-9-5-3-7-15(17)16-8-4-6-10-18(16)19/h3-10,14,19-20H,2,11-13H2,1H3,(H,26,32)(H,28,29)(H,30,31)/t20-/m0/s1. The van der Waals surface area contributed by atoms with Crippen molar-refractivity contribution in [1.29, 1.82) is 0 Å². The van der Waals surface area contributed by atoms with Crippen molar-refractivity contribution in [2.45, 2.75) is 31.7 Å². The van der Waals surface area contributed by atoms with Crippen molar-refractivity contribution in [1.82, 2.24) is 15.6 Å². The lowest BCUT2D eigenvalue weighted by Gasteiger charge is -2.14. The number of fused-ring (bicyclic) bond motifs is 3. The van der Waals surface area contributed by atoms with Crippen LogP contribution in [0.3, 0.4) is 0 Å². The van der Waals surface area contributed by atoms with E-state index in [4.69, 9.17) is 9.84 Å². The highest BCUT2D eigenvalue weighted by atomic mass is 32.1. The molecule has 1 aromatic heterocycles. The summed E-state index contributed by atoms with van der Waals surface area (Å²) in [4.78, 5) is 39.8. The van der Waals surface area contributed by atoms with E-state index < -0.39 is 24.0 Å². The van der Waals surface area contributed by atoms with Gasteiger partial charge >= 0.3 is 12.1 Å². The first-order valence-corrected chi connectivity index (χ1v) is 11.9. The Morgan fingerprint density at radius 1 is 1.09 bits per heavy atom. The SMILES string of the molecule is CC[C@H](NC(=O)c1csc(CCNC(=O)OCC2c3ccccc3-c3ccccc32)n1)C(=O)O. The van der Waals surface area contributed by atoms with Crippen LogP contribution in [-0.2, 0) is 16.0 Å². The summed E-state index contributed by atoms with van der Waals surface area (Å²) in [6.45, 7) is 2.22. The third kappa shape index (κ3) is 5.09. The zero-order valence-corrected chi connectivity index (χ0v) is 19.4. The molecule has 1 aliphatic carbocycles. The fourth-order valence-corrected chi connectivity index (χ4v) is 4.80. The number of carboxylic acids is 1. The molecule has 2 amide bonds. The summed E-state index contributed by atoms with van der Waals surface area (Å²) in [5.41, 5.74) is 4.81. The fraction of sp³-hybridized carbons (Fsp3) is 0.280. The highest BCUT2D eigenvalue weighted by Crippen LogP contribution is 2.44. The number of aliphatic carboxylic acids is 1. The van der Waals surface area contributed by atoms with Crippen molar-refractivity contribution in [2.24, 2.45) is 0 Å². The molecule has 0 saturated carbocycles. The fourth-order valence-electron chi connectivity index (χ4n) is 4.02. The first-order chi connectivity index (χ1) is 16.5. The van der Waals surface area contributed by atoms with Crippen LogP contribution >= 0.6 is 11.3 Å². The Balaban J connectivity index is 1.26. The number of hydrogen-bond donors (Lipinski definition) is 3. The van der Waals surface area contributed by atoms with Gasteiger partial charge < -0.3 is 20.5 Å². The van der Waals surface area contributed by atoms with Crippen LogP contribution in [0.5, 0.6) is 0 Å². The van der Waals surface area contributed by atoms with Crippen LogP contribution in [0.1, 0.15) is 45.9 Å². The molecule has 0 spiro atoms. The minimum Gasteiger partial charge on any atom is -0.480 e. The molecular formula is C25H25N3O5S. The van der Waals surface area contributed by atoms with E-state index in [2.05, 4.69) is 39.9 Å². The number of amides is 2. The summed E-state index contributed by atoms with van der Waals surface area (Å²) in [5.74, 6) is -1.62. The van der Waals surface area contributed by atoms with Crippen LogP contribution in [-0.4, -0.2) is 47.3 Å². The average molecular weight is 480 g/mol. The van der Waals surface area contributed by atoms with E-state index in [1.807, 2.05) is 24.3 Å². The van der Waals surface area contributed by atoms with Gasteiger partial charge in [0.1, 0.15) is 18.3 Å². The van der Waals surface area contributed by atoms with Gasteiger partial charge in [0.25, 0.3) is 5.91 Å². The molecule has 9 heteroatoms. The number of nitrogens with one attached hydrogen (secondary N) is 2. The third-order valence-electron chi connectivity index (χ3n) is 5.75. The first kappa shape index (κ1) is 23.4. The summed E-state index contributed by atoms with van der Waals surface area (Å²) < 4.78 is 5.51. The predicted octanol–water partition coefficient (Wildman–Crippen LogP) is 3.82. The molecule has 3 aromatic rings. The highest BCUT2D eigenvalue weighted by Gasteiger charge is 2.29. The Morgan fingerprint density at radius 2 is 1.74 bits per heavy atom. The topological polar surface area (TPSA) is 118 Å². The number of ether oxygens (including phenoxy) is 1. The Kier molecular flexibility index (Phi) is 7.22. The number of rotatable bonds is 9. The van der Waals surface area contributed by atoms with E-state index >= 15 is 0 Å². The van der Waals surface area contributed by atoms with Crippen LogP contribution in [0.2, 0.25) is 0 Å². The maximum atomic E-state index is 12.3. The van der Waals surface area contributed by atoms with Gasteiger partial charge in [-0.25, -0.2) is 14.6 Å². The molecule has 0 unspecified atom stereocenters. The van der Waals surface area contributed by atoms with E-state index in [-0.39, 0.29) is 24.6 Å². The number of thiazole rings is 1. The van der Waals surface area contributed by atoms with E-state index in [0.29, 0.717) is 18.0 Å². The molecule has 34 heavy (non-hydrogen) atoms. The molecule has 1 heterocycles. The second-order valence-electron chi connectivity index (χ2n) is 7.90. The van der Waals surface area contributed by atoms with Gasteiger partial charge in [-0.3, -0.25) is 4.79 Å². The quantitative estimate of drug-likeness (QED) is 0.430. The predicted molar refractivity (Wildman–Crippen MR) is 128 cm³/mol. The van der Waals surface area contributed by atoms with Gasteiger partial charge in [0.2, 0.25) is 0 Å². The molecule has 0 saturated heterocycles. The Labute approximate surface area is 201 Å². The van der Waals surface area contributed by atoms with Crippen molar-refractivity contribution in [2.75, 3.05) is 13.2 Å². The minimum atomic E-state index is -1.08. The van der Waals surface area contributed by atoms with Crippen LogP contribution in [0.4, 0.5) is 4.79 Å². The molecule has 2 aromatic carbocycles. The van der Waals surface area contributed by atoms with Gasteiger partial charge in [-0.1, -0.05) is 55.5 Å². The lowest BCUT2D eigenvalue weighted by molar-refractivity contribution is -0.139. The molecule has 1 aliphatic rings. The van der Waals surface area contributed by atoms with Gasteiger partial charge in [0, 0.05) is 24.3 Å². The molecule has 1 atom stereocenters. The molecular weight excluding hydrogens is 454 g/mol. The zero-order chi connectivity index (χ0) is 24.1. The molecule has 0 radical (unpaired) electrons. The molecule has 0 aliphatic heterocycles. The third-order valence-corrected chi connectivity index (χ3v) is 6.66. The molecule has 3 N–H and O–H groups in total. The lowest BCUT2D eigenvalue weighted by Crippen LogP contribution is -2.40. The van der Waals surface area contributed by atoms with E-state index in [9.17, 15) is 14.4 Å². The smallest absolute Gasteiger partial charge is 0.407 e. The Bertz CT molecular complexity index is 1160. The highest BCUT2D eigenvalue weighted by molar-refractivity contribution is 7.09. The van der Waals surface area contributed by atoms with Gasteiger partial charge in [0.05, 0.1) is 5.01 Å². The number of carbonyl (C=O) groups excluding carboxylic acids is 2. The number of carbonyl (C=O) groups is 3. The normalized spacial score (nSPS) is 13.0. The van der Waals surface area contributed by atoms with Gasteiger partial charge in [-0.05, 0) is 28.7 Å². The Morgan fingerprint density at radius 3 is 2.35 bits per heavy atom. The molecule has 8 nitrogen and oxygen atoms in total. The monoisotopic (exact) mass is 479 g/mol. The molecule has 4 rings (SSSR count). The number of alkyl carbamates (subject to hydrolysis) is 1. The van der Waals surface area contributed by atoms with E-state index in [1.165, 1.54) is 22.5 Å². The van der Waals surface area contributed by atoms with Crippen molar-refractivity contribution >= 4 is 29.3 Å². The van der Waals surface area contributed by atoms with E-state index in [1.54, 1.807) is 12.3 Å². The number of hydrogen-bond acceptors (Lipinski definition) is 6. The van der Waals surface area contributed by atoms with Gasteiger partial charge in [-0.2, -0.15) is 0 Å². The minimum absolute atomic E-state index is 0.00377. The maximum Gasteiger partial charge on any atom is 0.407 e. The largest absolute Gasteiger partial charge is 0.480 e. The first-order valence-electron chi connectivity index (χ1n) is 11.0. The molecule has 0 bridgehead atoms. The molecule has 176 valence electrons. The Hall–Kier alpha value is -3.72. The number of nitrogens with zero attached hydrogens (tertiary/aromatic N) is 1. The second kappa shape index (κ2) is 10.5.